The molecule has 2 unspecified atom stereocenters. The van der Waals surface area contributed by atoms with Gasteiger partial charge in [-0.15, -0.1) is 0 Å². The Morgan fingerprint density at radius 2 is 2.25 bits per heavy atom. The molecule has 0 aromatic carbocycles. The van der Waals surface area contributed by atoms with Crippen molar-refractivity contribution in [2.75, 3.05) is 59.3 Å². The highest BCUT2D eigenvalue weighted by molar-refractivity contribution is 5.94. The minimum Gasteiger partial charge on any atom is -0.396 e. The van der Waals surface area contributed by atoms with Crippen LogP contribution in [0.25, 0.3) is 0 Å². The van der Waals surface area contributed by atoms with Crippen LogP contribution >= 0.6 is 0 Å². The van der Waals surface area contributed by atoms with Gasteiger partial charge in [-0.25, -0.2) is 4.98 Å². The number of piperidine rings is 1. The molecule has 1 aliphatic heterocycles. The first-order chi connectivity index (χ1) is 11.5. The summed E-state index contributed by atoms with van der Waals surface area (Å²) in [6, 6.07) is 3.28. The van der Waals surface area contributed by atoms with Gasteiger partial charge in [-0.1, -0.05) is 0 Å². The molecule has 2 rings (SSSR count). The second kappa shape index (κ2) is 8.96. The maximum absolute atomic E-state index is 12.7. The zero-order chi connectivity index (χ0) is 17.5. The minimum atomic E-state index is -0.0493. The minimum absolute atomic E-state index is 0.0493. The quantitative estimate of drug-likeness (QED) is 0.745. The number of hydrogen-bond acceptors (Lipinski definition) is 6. The number of nitrogen functional groups attached to an aromatic ring is 1. The number of carbonyl (C=O) groups excluding carboxylic acids is 1. The molecule has 1 aliphatic rings. The normalized spacial score (nSPS) is 21.2. The van der Waals surface area contributed by atoms with Gasteiger partial charge in [0.25, 0.3) is 5.91 Å². The zero-order valence-corrected chi connectivity index (χ0v) is 14.5. The molecule has 1 amide bonds. The number of methoxy groups -OCH3 is 1. The zero-order valence-electron chi connectivity index (χ0n) is 14.5. The van der Waals surface area contributed by atoms with Gasteiger partial charge in [-0.2, -0.15) is 0 Å². The number of aliphatic hydroxyl groups is 1. The molecule has 134 valence electrons. The van der Waals surface area contributed by atoms with Crippen LogP contribution in [0.4, 0.5) is 5.82 Å². The number of nitrogens with two attached hydrogens (primary N) is 1. The lowest BCUT2D eigenvalue weighted by molar-refractivity contribution is 0.0451. The Hall–Kier alpha value is -1.70. The van der Waals surface area contributed by atoms with Gasteiger partial charge in [-0.05, 0) is 37.4 Å². The molecule has 1 saturated heterocycles. The number of aliphatic hydroxyl groups excluding tert-OH is 1. The molecule has 3 N–H and O–H groups in total. The second-order valence-electron chi connectivity index (χ2n) is 6.58. The number of anilines is 1. The maximum Gasteiger partial charge on any atom is 0.254 e. The van der Waals surface area contributed by atoms with Crippen LogP contribution in [0.1, 0.15) is 16.8 Å². The van der Waals surface area contributed by atoms with Crippen LogP contribution in [0.5, 0.6) is 0 Å². The van der Waals surface area contributed by atoms with Gasteiger partial charge < -0.3 is 25.4 Å². The average Bonchev–Trinajstić information content (AvgIpc) is 2.58. The highest BCUT2D eigenvalue weighted by atomic mass is 16.5. The topological polar surface area (TPSA) is 91.9 Å². The van der Waals surface area contributed by atoms with Crippen LogP contribution in [-0.2, 0) is 4.74 Å². The Kier molecular flexibility index (Phi) is 6.96. The van der Waals surface area contributed by atoms with Crippen molar-refractivity contribution in [2.24, 2.45) is 11.8 Å². The molecule has 0 aliphatic carbocycles. The molecular weight excluding hydrogens is 308 g/mol. The molecule has 7 heteroatoms. The predicted molar refractivity (Wildman–Crippen MR) is 92.6 cm³/mol. The predicted octanol–water partition coefficient (Wildman–Crippen LogP) is 0.313. The molecule has 24 heavy (non-hydrogen) atoms. The molecular formula is C17H28N4O3. The summed E-state index contributed by atoms with van der Waals surface area (Å²) < 4.78 is 5.11. The number of ether oxygens (including phenoxy) is 1. The molecule has 0 spiro atoms. The number of amides is 1. The Morgan fingerprint density at radius 3 is 2.92 bits per heavy atom. The molecule has 1 fully saturated rings. The highest BCUT2D eigenvalue weighted by Crippen LogP contribution is 2.24. The summed E-state index contributed by atoms with van der Waals surface area (Å²) in [7, 11) is 3.74. The summed E-state index contributed by atoms with van der Waals surface area (Å²) in [5, 5.41) is 9.60. The first-order valence-electron chi connectivity index (χ1n) is 8.32. The van der Waals surface area contributed by atoms with Gasteiger partial charge in [0.15, 0.2) is 0 Å². The average molecular weight is 336 g/mol. The van der Waals surface area contributed by atoms with Crippen LogP contribution in [0.3, 0.4) is 0 Å². The van der Waals surface area contributed by atoms with Gasteiger partial charge in [-0.3, -0.25) is 4.79 Å². The van der Waals surface area contributed by atoms with E-state index in [1.54, 1.807) is 25.4 Å². The van der Waals surface area contributed by atoms with Crippen LogP contribution < -0.4 is 5.73 Å². The number of likely N-dealkylation sites (tertiary alicyclic amines) is 1. The third kappa shape index (κ3) is 5.15. The number of carbonyl (C=O) groups is 1. The fourth-order valence-electron chi connectivity index (χ4n) is 3.29. The van der Waals surface area contributed by atoms with Gasteiger partial charge in [0.2, 0.25) is 0 Å². The van der Waals surface area contributed by atoms with Crippen molar-refractivity contribution in [3.8, 4) is 0 Å². The number of nitrogens with zero attached hydrogens (tertiary/aromatic N) is 3. The summed E-state index contributed by atoms with van der Waals surface area (Å²) in [6.45, 7) is 3.78. The first kappa shape index (κ1) is 18.6. The standard InChI is InChI=1S/C17H28N4O3/c1-20(5-6-24-2)9-13-7-14(12-22)11-21(10-13)17(23)15-3-4-19-16(18)8-15/h3-4,8,13-14,22H,5-7,9-12H2,1-2H3,(H2,18,19). The van der Waals surface area contributed by atoms with Crippen molar-refractivity contribution in [1.29, 1.82) is 0 Å². The van der Waals surface area contributed by atoms with E-state index >= 15 is 0 Å². The lowest BCUT2D eigenvalue weighted by Crippen LogP contribution is -2.47. The molecule has 0 saturated carbocycles. The Balaban J connectivity index is 2.02. The summed E-state index contributed by atoms with van der Waals surface area (Å²) in [6.07, 6.45) is 2.47. The monoisotopic (exact) mass is 336 g/mol. The maximum atomic E-state index is 12.7. The molecule has 0 bridgehead atoms. The number of aromatic nitrogens is 1. The van der Waals surface area contributed by atoms with Gasteiger partial charge in [0, 0.05) is 51.7 Å². The summed E-state index contributed by atoms with van der Waals surface area (Å²) >= 11 is 0. The third-order valence-corrected chi connectivity index (χ3v) is 4.44. The van der Waals surface area contributed by atoms with E-state index in [2.05, 4.69) is 16.9 Å². The highest BCUT2D eigenvalue weighted by Gasteiger charge is 2.30. The lowest BCUT2D eigenvalue weighted by atomic mass is 9.89. The van der Waals surface area contributed by atoms with E-state index in [1.807, 2.05) is 4.90 Å². The first-order valence-corrected chi connectivity index (χ1v) is 8.32. The van der Waals surface area contributed by atoms with Crippen molar-refractivity contribution < 1.29 is 14.6 Å². The molecule has 1 aromatic rings. The Labute approximate surface area is 143 Å². The molecule has 2 atom stereocenters. The van der Waals surface area contributed by atoms with Crippen molar-refractivity contribution >= 4 is 11.7 Å². The number of hydrogen-bond donors (Lipinski definition) is 2. The van der Waals surface area contributed by atoms with Crippen LogP contribution in [0, 0.1) is 11.8 Å². The van der Waals surface area contributed by atoms with E-state index in [0.29, 0.717) is 37.0 Å². The van der Waals surface area contributed by atoms with Crippen LogP contribution in [0.2, 0.25) is 0 Å². The van der Waals surface area contributed by atoms with Crippen molar-refractivity contribution in [2.45, 2.75) is 6.42 Å². The van der Waals surface area contributed by atoms with Gasteiger partial charge in [0.05, 0.1) is 6.61 Å². The van der Waals surface area contributed by atoms with E-state index in [1.165, 1.54) is 0 Å². The summed E-state index contributed by atoms with van der Waals surface area (Å²) in [5.41, 5.74) is 6.23. The summed E-state index contributed by atoms with van der Waals surface area (Å²) in [4.78, 5) is 20.7. The number of likely N-dealkylation sites (N-methyl/N-ethyl adjacent to an activating group) is 1. The number of rotatable bonds is 7. The lowest BCUT2D eigenvalue weighted by Gasteiger charge is -2.38. The van der Waals surface area contributed by atoms with E-state index in [0.717, 1.165) is 19.5 Å². The smallest absolute Gasteiger partial charge is 0.254 e. The van der Waals surface area contributed by atoms with Crippen molar-refractivity contribution in [1.82, 2.24) is 14.8 Å². The summed E-state index contributed by atoms with van der Waals surface area (Å²) in [5.74, 6) is 0.739. The van der Waals surface area contributed by atoms with Crippen molar-refractivity contribution in [3.05, 3.63) is 23.9 Å². The van der Waals surface area contributed by atoms with E-state index in [4.69, 9.17) is 10.5 Å². The van der Waals surface area contributed by atoms with Crippen LogP contribution in [-0.4, -0.2) is 79.3 Å². The third-order valence-electron chi connectivity index (χ3n) is 4.44. The SMILES string of the molecule is COCCN(C)CC1CC(CO)CN(C(=O)c2ccnc(N)c2)C1. The fraction of sp³-hybridized carbons (Fsp3) is 0.647. The number of pyridine rings is 1. The Bertz CT molecular complexity index is 540. The molecule has 7 nitrogen and oxygen atoms in total. The van der Waals surface area contributed by atoms with E-state index in [-0.39, 0.29) is 18.4 Å². The molecule has 1 aromatic heterocycles. The fourth-order valence-corrected chi connectivity index (χ4v) is 3.29. The van der Waals surface area contributed by atoms with Gasteiger partial charge in [0.1, 0.15) is 5.82 Å². The van der Waals surface area contributed by atoms with Crippen LogP contribution in [0.15, 0.2) is 18.3 Å². The largest absolute Gasteiger partial charge is 0.396 e. The van der Waals surface area contributed by atoms with E-state index < -0.39 is 0 Å². The van der Waals surface area contributed by atoms with E-state index in [9.17, 15) is 9.90 Å². The second-order valence-corrected chi connectivity index (χ2v) is 6.58. The Morgan fingerprint density at radius 1 is 1.50 bits per heavy atom. The molecule has 2 heterocycles. The molecule has 0 radical (unpaired) electrons. The van der Waals surface area contributed by atoms with Gasteiger partial charge >= 0.3 is 0 Å². The van der Waals surface area contributed by atoms with Crippen molar-refractivity contribution in [3.63, 3.8) is 0 Å².